The van der Waals surface area contributed by atoms with Gasteiger partial charge in [0, 0.05) is 11.3 Å². The number of para-hydroxylation sites is 1. The topological polar surface area (TPSA) is 102 Å². The van der Waals surface area contributed by atoms with Crippen LogP contribution in [0, 0.1) is 6.92 Å². The summed E-state index contributed by atoms with van der Waals surface area (Å²) < 4.78 is 5.58. The van der Waals surface area contributed by atoms with Crippen molar-refractivity contribution in [1.82, 2.24) is 5.32 Å². The molecule has 0 saturated heterocycles. The number of fused-ring (bicyclic) bond motifs is 3. The van der Waals surface area contributed by atoms with Gasteiger partial charge >= 0.3 is 0 Å². The van der Waals surface area contributed by atoms with Gasteiger partial charge in [-0.2, -0.15) is 0 Å². The number of imide groups is 1. The fraction of sp³-hybridized carbons (Fsp3) is 0.222. The highest BCUT2D eigenvalue weighted by Gasteiger charge is 2.37. The maximum absolute atomic E-state index is 13.5. The number of nitrogen functional groups attached to an aromatic ring is 1. The number of nitrogens with two attached hydrogens (primary N) is 1. The van der Waals surface area contributed by atoms with Crippen LogP contribution in [0.15, 0.2) is 66.7 Å². The van der Waals surface area contributed by atoms with Crippen molar-refractivity contribution in [2.24, 2.45) is 0 Å². The molecule has 1 aliphatic heterocycles. The summed E-state index contributed by atoms with van der Waals surface area (Å²) in [6.45, 7) is 4.95. The molecule has 34 heavy (non-hydrogen) atoms. The molecule has 1 heterocycles. The molecule has 3 aromatic carbocycles. The highest BCUT2D eigenvalue weighted by molar-refractivity contribution is 6.22. The standard InChI is InChI=1S/C27H27N3O4/c1-16-9-4-7-14-23(16)34-15-24(31)29-18(3)27(33)30-22-13-8-12-21(28)25(22)20-11-6-5-10-19(20)17(2)26(30)32/h4-14,17-18H,15,28H2,1-3H3,(H,29,31)/t17?,18-/m0/s1. The molecule has 3 aromatic rings. The summed E-state index contributed by atoms with van der Waals surface area (Å²) in [5, 5.41) is 2.65. The Morgan fingerprint density at radius 3 is 2.53 bits per heavy atom. The van der Waals surface area contributed by atoms with Gasteiger partial charge in [0.15, 0.2) is 6.61 Å². The summed E-state index contributed by atoms with van der Waals surface area (Å²) in [7, 11) is 0. The second kappa shape index (κ2) is 9.39. The molecule has 3 N–H and O–H groups in total. The molecule has 174 valence electrons. The molecule has 1 aliphatic rings. The van der Waals surface area contributed by atoms with Gasteiger partial charge in [0.1, 0.15) is 11.8 Å². The van der Waals surface area contributed by atoms with Gasteiger partial charge in [0.2, 0.25) is 5.91 Å². The van der Waals surface area contributed by atoms with Crippen molar-refractivity contribution >= 4 is 29.1 Å². The minimum absolute atomic E-state index is 0.248. The summed E-state index contributed by atoms with van der Waals surface area (Å²) in [6.07, 6.45) is 0. The van der Waals surface area contributed by atoms with E-state index in [-0.39, 0.29) is 12.5 Å². The van der Waals surface area contributed by atoms with Crippen molar-refractivity contribution in [3.8, 4) is 16.9 Å². The van der Waals surface area contributed by atoms with E-state index >= 15 is 0 Å². The van der Waals surface area contributed by atoms with Crippen LogP contribution in [-0.2, 0) is 14.4 Å². The number of carbonyl (C=O) groups is 3. The molecule has 7 heteroatoms. The lowest BCUT2D eigenvalue weighted by molar-refractivity contribution is -0.131. The quantitative estimate of drug-likeness (QED) is 0.568. The number of amides is 3. The lowest BCUT2D eigenvalue weighted by Gasteiger charge is -2.26. The van der Waals surface area contributed by atoms with Crippen LogP contribution in [0.3, 0.4) is 0 Å². The van der Waals surface area contributed by atoms with E-state index in [1.165, 1.54) is 0 Å². The first-order chi connectivity index (χ1) is 16.3. The summed E-state index contributed by atoms with van der Waals surface area (Å²) >= 11 is 0. The van der Waals surface area contributed by atoms with Crippen LogP contribution in [0.1, 0.15) is 30.9 Å². The highest BCUT2D eigenvalue weighted by Crippen LogP contribution is 2.44. The fourth-order valence-corrected chi connectivity index (χ4v) is 4.21. The molecule has 0 fully saturated rings. The number of carbonyl (C=O) groups excluding carboxylic acids is 3. The van der Waals surface area contributed by atoms with E-state index in [1.807, 2.05) is 49.4 Å². The van der Waals surface area contributed by atoms with Crippen LogP contribution in [0.4, 0.5) is 11.4 Å². The number of rotatable bonds is 5. The smallest absolute Gasteiger partial charge is 0.258 e. The van der Waals surface area contributed by atoms with Gasteiger partial charge in [-0.15, -0.1) is 0 Å². The molecule has 0 aliphatic carbocycles. The van der Waals surface area contributed by atoms with Gasteiger partial charge in [-0.1, -0.05) is 48.5 Å². The zero-order chi connectivity index (χ0) is 24.4. The van der Waals surface area contributed by atoms with E-state index in [1.54, 1.807) is 38.1 Å². The third-order valence-corrected chi connectivity index (χ3v) is 6.02. The van der Waals surface area contributed by atoms with E-state index in [4.69, 9.17) is 10.5 Å². The van der Waals surface area contributed by atoms with E-state index in [9.17, 15) is 14.4 Å². The first-order valence-electron chi connectivity index (χ1n) is 11.1. The van der Waals surface area contributed by atoms with Crippen LogP contribution < -0.4 is 20.7 Å². The van der Waals surface area contributed by atoms with Crippen molar-refractivity contribution < 1.29 is 19.1 Å². The Morgan fingerprint density at radius 1 is 1.06 bits per heavy atom. The number of ether oxygens (including phenoxy) is 1. The average molecular weight is 458 g/mol. The van der Waals surface area contributed by atoms with Crippen molar-refractivity contribution in [3.05, 3.63) is 77.9 Å². The number of nitrogens with one attached hydrogen (secondary N) is 1. The molecule has 1 unspecified atom stereocenters. The zero-order valence-corrected chi connectivity index (χ0v) is 19.4. The predicted molar refractivity (Wildman–Crippen MR) is 131 cm³/mol. The summed E-state index contributed by atoms with van der Waals surface area (Å²) in [6, 6.07) is 19.0. The molecule has 3 amide bonds. The third kappa shape index (κ3) is 4.24. The van der Waals surface area contributed by atoms with Crippen LogP contribution >= 0.6 is 0 Å². The van der Waals surface area contributed by atoms with Gasteiger partial charge in [0.25, 0.3) is 11.8 Å². The maximum atomic E-state index is 13.5. The van der Waals surface area contributed by atoms with E-state index < -0.39 is 23.8 Å². The third-order valence-electron chi connectivity index (χ3n) is 6.02. The SMILES string of the molecule is Cc1ccccc1OCC(=O)N[C@@H](C)C(=O)N1C(=O)C(C)c2ccccc2-c2c(N)cccc21. The van der Waals surface area contributed by atoms with Gasteiger partial charge in [-0.05, 0) is 55.7 Å². The largest absolute Gasteiger partial charge is 0.484 e. The summed E-state index contributed by atoms with van der Waals surface area (Å²) in [5.74, 6) is -1.36. The van der Waals surface area contributed by atoms with Crippen LogP contribution in [-0.4, -0.2) is 30.4 Å². The van der Waals surface area contributed by atoms with Crippen molar-refractivity contribution in [3.63, 3.8) is 0 Å². The normalized spacial score (nSPS) is 15.6. The number of aryl methyl sites for hydroxylation is 1. The van der Waals surface area contributed by atoms with E-state index in [0.29, 0.717) is 22.7 Å². The molecule has 0 radical (unpaired) electrons. The Kier molecular flexibility index (Phi) is 6.36. The predicted octanol–water partition coefficient (Wildman–Crippen LogP) is 3.80. The number of nitrogens with zero attached hydrogens (tertiary/aromatic N) is 1. The van der Waals surface area contributed by atoms with E-state index in [2.05, 4.69) is 5.32 Å². The highest BCUT2D eigenvalue weighted by atomic mass is 16.5. The van der Waals surface area contributed by atoms with Gasteiger partial charge < -0.3 is 15.8 Å². The minimum atomic E-state index is -0.959. The van der Waals surface area contributed by atoms with Gasteiger partial charge in [-0.3, -0.25) is 14.4 Å². The molecule has 4 rings (SSSR count). The van der Waals surface area contributed by atoms with Gasteiger partial charge in [0.05, 0.1) is 11.6 Å². The fourth-order valence-electron chi connectivity index (χ4n) is 4.21. The second-order valence-electron chi connectivity index (χ2n) is 8.41. The average Bonchev–Trinajstić information content (AvgIpc) is 2.92. The molecule has 0 saturated carbocycles. The maximum Gasteiger partial charge on any atom is 0.258 e. The first kappa shape index (κ1) is 23.0. The summed E-state index contributed by atoms with van der Waals surface area (Å²) in [5.41, 5.74) is 10.3. The Bertz CT molecular complexity index is 1270. The number of benzene rings is 3. The van der Waals surface area contributed by atoms with Gasteiger partial charge in [-0.25, -0.2) is 4.90 Å². The summed E-state index contributed by atoms with van der Waals surface area (Å²) in [4.78, 5) is 40.6. The first-order valence-corrected chi connectivity index (χ1v) is 11.1. The van der Waals surface area contributed by atoms with Crippen molar-refractivity contribution in [1.29, 1.82) is 0 Å². The van der Waals surface area contributed by atoms with E-state index in [0.717, 1.165) is 21.6 Å². The van der Waals surface area contributed by atoms with Crippen molar-refractivity contribution in [2.45, 2.75) is 32.7 Å². The number of hydrogen-bond acceptors (Lipinski definition) is 5. The second-order valence-corrected chi connectivity index (χ2v) is 8.41. The number of hydrogen-bond donors (Lipinski definition) is 2. The number of anilines is 2. The molecule has 0 spiro atoms. The lowest BCUT2D eigenvalue weighted by Crippen LogP contribution is -2.51. The Hall–Kier alpha value is -4.13. The monoisotopic (exact) mass is 457 g/mol. The Balaban J connectivity index is 1.59. The zero-order valence-electron chi connectivity index (χ0n) is 19.4. The molecule has 0 aromatic heterocycles. The Labute approximate surface area is 198 Å². The lowest BCUT2D eigenvalue weighted by atomic mass is 9.92. The Morgan fingerprint density at radius 2 is 1.76 bits per heavy atom. The molecular weight excluding hydrogens is 430 g/mol. The minimum Gasteiger partial charge on any atom is -0.484 e. The van der Waals surface area contributed by atoms with Crippen LogP contribution in [0.5, 0.6) is 5.75 Å². The van der Waals surface area contributed by atoms with Crippen LogP contribution in [0.2, 0.25) is 0 Å². The molecule has 2 atom stereocenters. The van der Waals surface area contributed by atoms with Crippen LogP contribution in [0.25, 0.3) is 11.1 Å². The molecule has 0 bridgehead atoms. The van der Waals surface area contributed by atoms with Crippen molar-refractivity contribution in [2.75, 3.05) is 17.2 Å². The molecule has 7 nitrogen and oxygen atoms in total. The molecular formula is C27H27N3O4.